The second-order valence-corrected chi connectivity index (χ2v) is 6.06. The molecule has 1 aliphatic carbocycles. The van der Waals surface area contributed by atoms with Gasteiger partial charge in [0.1, 0.15) is 11.6 Å². The van der Waals surface area contributed by atoms with Gasteiger partial charge in [-0.05, 0) is 55.7 Å². The fourth-order valence-corrected chi connectivity index (χ4v) is 2.91. The third-order valence-electron chi connectivity index (χ3n) is 3.93. The highest BCUT2D eigenvalue weighted by Gasteiger charge is 2.42. The van der Waals surface area contributed by atoms with Crippen LogP contribution in [0.4, 0.5) is 14.5 Å². The fraction of sp³-hybridized carbons (Fsp3) is 0.278. The summed E-state index contributed by atoms with van der Waals surface area (Å²) in [5, 5.41) is 3.04. The normalized spacial score (nSPS) is 19.6. The summed E-state index contributed by atoms with van der Waals surface area (Å²) in [6, 6.07) is 9.73. The maximum Gasteiger partial charge on any atom is 0.193 e. The molecule has 1 aliphatic rings. The number of nitrogens with two attached hydrogens (primary N) is 1. The molecule has 1 saturated carbocycles. The molecular formula is C18H20F2IN3. The molecule has 2 aromatic carbocycles. The Labute approximate surface area is 157 Å². The monoisotopic (exact) mass is 443 g/mol. The van der Waals surface area contributed by atoms with E-state index >= 15 is 0 Å². The zero-order valence-corrected chi connectivity index (χ0v) is 15.8. The predicted octanol–water partition coefficient (Wildman–Crippen LogP) is 4.48. The molecule has 0 amide bonds. The summed E-state index contributed by atoms with van der Waals surface area (Å²) >= 11 is 0. The first-order valence-electron chi connectivity index (χ1n) is 7.56. The standard InChI is InChI=1S/C18H19F2N3.HI/c1-10-6-11(2)8-12(7-10)22-18(21)23-16-9-13(16)17-14(19)4-3-5-15(17)20;/h3-8,13,16H,9H2,1-2H3,(H3,21,22,23);1H. The molecule has 0 saturated heterocycles. The van der Waals surface area contributed by atoms with E-state index in [2.05, 4.69) is 16.4 Å². The molecular weight excluding hydrogens is 423 g/mol. The third kappa shape index (κ3) is 4.23. The molecule has 3 rings (SSSR count). The number of hydrogen-bond acceptors (Lipinski definition) is 1. The molecule has 6 heteroatoms. The van der Waals surface area contributed by atoms with E-state index in [1.807, 2.05) is 26.0 Å². The van der Waals surface area contributed by atoms with Gasteiger partial charge >= 0.3 is 0 Å². The minimum atomic E-state index is -0.520. The summed E-state index contributed by atoms with van der Waals surface area (Å²) in [5.41, 5.74) is 9.13. The largest absolute Gasteiger partial charge is 0.370 e. The first kappa shape index (κ1) is 18.6. The van der Waals surface area contributed by atoms with E-state index in [1.54, 1.807) is 0 Å². The van der Waals surface area contributed by atoms with Crippen molar-refractivity contribution in [2.24, 2.45) is 10.7 Å². The second kappa shape index (κ2) is 7.46. The van der Waals surface area contributed by atoms with Crippen molar-refractivity contribution in [1.29, 1.82) is 0 Å². The van der Waals surface area contributed by atoms with Crippen LogP contribution in [0, 0.1) is 25.5 Å². The van der Waals surface area contributed by atoms with Crippen molar-refractivity contribution in [3.63, 3.8) is 0 Å². The number of aliphatic imine (C=N–C) groups is 1. The van der Waals surface area contributed by atoms with Crippen molar-refractivity contribution >= 4 is 35.6 Å². The number of aryl methyl sites for hydroxylation is 2. The van der Waals surface area contributed by atoms with E-state index in [9.17, 15) is 8.78 Å². The Kier molecular flexibility index (Phi) is 5.79. The van der Waals surface area contributed by atoms with Gasteiger partial charge in [0.15, 0.2) is 5.96 Å². The maximum atomic E-state index is 13.8. The molecule has 24 heavy (non-hydrogen) atoms. The van der Waals surface area contributed by atoms with Crippen molar-refractivity contribution in [2.75, 3.05) is 5.32 Å². The average molecular weight is 443 g/mol. The minimum absolute atomic E-state index is 0. The topological polar surface area (TPSA) is 50.4 Å². The van der Waals surface area contributed by atoms with Crippen molar-refractivity contribution in [2.45, 2.75) is 32.2 Å². The Morgan fingerprint density at radius 1 is 1.12 bits per heavy atom. The van der Waals surface area contributed by atoms with Gasteiger partial charge in [0.05, 0.1) is 6.04 Å². The Morgan fingerprint density at radius 2 is 1.71 bits per heavy atom. The molecule has 0 aromatic heterocycles. The van der Waals surface area contributed by atoms with Gasteiger partial charge in [0.2, 0.25) is 0 Å². The van der Waals surface area contributed by atoms with Crippen LogP contribution in [0.25, 0.3) is 0 Å². The Hall–Kier alpha value is -1.70. The van der Waals surface area contributed by atoms with Gasteiger partial charge in [0, 0.05) is 17.2 Å². The number of hydrogen-bond donors (Lipinski definition) is 2. The highest BCUT2D eigenvalue weighted by atomic mass is 127. The summed E-state index contributed by atoms with van der Waals surface area (Å²) < 4.78 is 27.5. The second-order valence-electron chi connectivity index (χ2n) is 6.06. The number of anilines is 1. The molecule has 0 bridgehead atoms. The van der Waals surface area contributed by atoms with Gasteiger partial charge in [-0.3, -0.25) is 0 Å². The molecule has 0 heterocycles. The molecule has 0 spiro atoms. The molecule has 0 aliphatic heterocycles. The lowest BCUT2D eigenvalue weighted by Crippen LogP contribution is -2.23. The van der Waals surface area contributed by atoms with Gasteiger partial charge in [-0.1, -0.05) is 12.1 Å². The van der Waals surface area contributed by atoms with Crippen LogP contribution in [0.1, 0.15) is 29.0 Å². The molecule has 2 atom stereocenters. The van der Waals surface area contributed by atoms with Crippen LogP contribution in [0.5, 0.6) is 0 Å². The van der Waals surface area contributed by atoms with E-state index in [0.717, 1.165) is 16.8 Å². The zero-order valence-electron chi connectivity index (χ0n) is 13.5. The molecule has 0 radical (unpaired) electrons. The Morgan fingerprint density at radius 3 is 2.29 bits per heavy atom. The minimum Gasteiger partial charge on any atom is -0.370 e. The van der Waals surface area contributed by atoms with Crippen molar-refractivity contribution < 1.29 is 8.78 Å². The van der Waals surface area contributed by atoms with Crippen LogP contribution in [0.2, 0.25) is 0 Å². The first-order valence-corrected chi connectivity index (χ1v) is 7.56. The fourth-order valence-electron chi connectivity index (χ4n) is 2.91. The SMILES string of the molecule is Cc1cc(C)cc(NC(N)=NC2CC2c2c(F)cccc2F)c1.I. The Bertz CT molecular complexity index is 736. The van der Waals surface area contributed by atoms with E-state index in [4.69, 9.17) is 5.73 Å². The number of rotatable bonds is 3. The van der Waals surface area contributed by atoms with Gasteiger partial charge in [-0.25, -0.2) is 13.8 Å². The predicted molar refractivity (Wildman–Crippen MR) is 104 cm³/mol. The number of nitrogens with zero attached hydrogens (tertiary/aromatic N) is 1. The van der Waals surface area contributed by atoms with Crippen LogP contribution >= 0.6 is 24.0 Å². The van der Waals surface area contributed by atoms with Crippen LogP contribution in [0.15, 0.2) is 41.4 Å². The highest BCUT2D eigenvalue weighted by molar-refractivity contribution is 14.0. The number of halogens is 3. The van der Waals surface area contributed by atoms with E-state index in [-0.39, 0.29) is 47.5 Å². The molecule has 2 aromatic rings. The van der Waals surface area contributed by atoms with E-state index < -0.39 is 11.6 Å². The maximum absolute atomic E-state index is 13.8. The molecule has 3 nitrogen and oxygen atoms in total. The van der Waals surface area contributed by atoms with Crippen molar-refractivity contribution in [3.8, 4) is 0 Å². The van der Waals surface area contributed by atoms with Crippen LogP contribution < -0.4 is 11.1 Å². The van der Waals surface area contributed by atoms with Gasteiger partial charge in [0.25, 0.3) is 0 Å². The smallest absolute Gasteiger partial charge is 0.193 e. The van der Waals surface area contributed by atoms with E-state index in [0.29, 0.717) is 6.42 Å². The lowest BCUT2D eigenvalue weighted by molar-refractivity contribution is 0.555. The summed E-state index contributed by atoms with van der Waals surface area (Å²) in [6.07, 6.45) is 0.604. The summed E-state index contributed by atoms with van der Waals surface area (Å²) in [4.78, 5) is 4.33. The van der Waals surface area contributed by atoms with Gasteiger partial charge < -0.3 is 11.1 Å². The van der Waals surface area contributed by atoms with Crippen molar-refractivity contribution in [3.05, 3.63) is 64.7 Å². The molecule has 1 fully saturated rings. The van der Waals surface area contributed by atoms with Crippen LogP contribution in [0.3, 0.4) is 0 Å². The lowest BCUT2D eigenvalue weighted by Gasteiger charge is -2.08. The highest BCUT2D eigenvalue weighted by Crippen LogP contribution is 2.45. The number of benzene rings is 2. The first-order chi connectivity index (χ1) is 10.9. The molecule has 3 N–H and O–H groups in total. The number of guanidine groups is 1. The number of nitrogens with one attached hydrogen (secondary N) is 1. The van der Waals surface area contributed by atoms with Crippen LogP contribution in [-0.4, -0.2) is 12.0 Å². The zero-order chi connectivity index (χ0) is 16.6. The average Bonchev–Trinajstić information content (AvgIpc) is 3.15. The summed E-state index contributed by atoms with van der Waals surface area (Å²) in [6.45, 7) is 4.01. The van der Waals surface area contributed by atoms with E-state index in [1.165, 1.54) is 18.2 Å². The summed E-state index contributed by atoms with van der Waals surface area (Å²) in [5.74, 6) is -1.02. The summed E-state index contributed by atoms with van der Waals surface area (Å²) in [7, 11) is 0. The van der Waals surface area contributed by atoms with Crippen LogP contribution in [-0.2, 0) is 0 Å². The third-order valence-corrected chi connectivity index (χ3v) is 3.93. The molecule has 128 valence electrons. The van der Waals surface area contributed by atoms with Gasteiger partial charge in [-0.15, -0.1) is 24.0 Å². The van der Waals surface area contributed by atoms with Gasteiger partial charge in [-0.2, -0.15) is 0 Å². The Balaban J connectivity index is 0.00000208. The quantitative estimate of drug-likeness (QED) is 0.418. The molecule has 2 unspecified atom stereocenters. The lowest BCUT2D eigenvalue weighted by atomic mass is 10.1. The van der Waals surface area contributed by atoms with Crippen molar-refractivity contribution in [1.82, 2.24) is 0 Å².